The van der Waals surface area contributed by atoms with E-state index in [9.17, 15) is 9.59 Å². The Morgan fingerprint density at radius 2 is 0.853 bits per heavy atom. The molecule has 7 rings (SSSR count). The van der Waals surface area contributed by atoms with Gasteiger partial charge in [0.15, 0.2) is 6.29 Å². The summed E-state index contributed by atoms with van der Waals surface area (Å²) in [7, 11) is 0. The minimum atomic E-state index is -1.02. The zero-order valence-corrected chi connectivity index (χ0v) is 38.7. The Kier molecular flexibility index (Phi) is 19.9. The summed E-state index contributed by atoms with van der Waals surface area (Å²) >= 11 is 0. The summed E-state index contributed by atoms with van der Waals surface area (Å²) in [5.74, 6) is -1.48. The molecule has 1 aliphatic heterocycles. The van der Waals surface area contributed by atoms with Crippen LogP contribution in [0.5, 0.6) is 0 Å². The number of hydrogen-bond acceptors (Lipinski definition) is 9. The van der Waals surface area contributed by atoms with Crippen molar-refractivity contribution in [3.63, 3.8) is 0 Å². The number of rotatable bonds is 28. The van der Waals surface area contributed by atoms with E-state index in [0.717, 1.165) is 71.9 Å². The van der Waals surface area contributed by atoms with Crippen LogP contribution in [0.25, 0.3) is 0 Å². The third kappa shape index (κ3) is 14.8. The fourth-order valence-corrected chi connectivity index (χ4v) is 8.57. The van der Waals surface area contributed by atoms with Crippen LogP contribution in [0.4, 0.5) is 0 Å². The number of unbranched alkanes of at least 4 members (excludes halogenated alkanes) is 5. The van der Waals surface area contributed by atoms with E-state index in [1.807, 2.05) is 121 Å². The maximum atomic E-state index is 11.8. The van der Waals surface area contributed by atoms with Crippen molar-refractivity contribution in [3.8, 4) is 0 Å². The van der Waals surface area contributed by atoms with Gasteiger partial charge in [0.2, 0.25) is 0 Å². The molecule has 68 heavy (non-hydrogen) atoms. The summed E-state index contributed by atoms with van der Waals surface area (Å²) in [5.41, 5.74) is 4.94. The Hall–Kier alpha value is -5.98. The lowest BCUT2D eigenvalue weighted by molar-refractivity contribution is -0.330. The van der Waals surface area contributed by atoms with Crippen LogP contribution in [0.15, 0.2) is 182 Å². The minimum Gasteiger partial charge on any atom is -0.481 e. The molecule has 1 N–H and O–H groups in total. The van der Waals surface area contributed by atoms with Crippen molar-refractivity contribution in [2.75, 3.05) is 19.8 Å². The van der Waals surface area contributed by atoms with E-state index in [0.29, 0.717) is 33.0 Å². The average Bonchev–Trinajstić information content (AvgIpc) is 3.39. The van der Waals surface area contributed by atoms with E-state index in [1.165, 1.54) is 0 Å². The van der Waals surface area contributed by atoms with Crippen LogP contribution in [-0.2, 0) is 68.2 Å². The quantitative estimate of drug-likeness (QED) is 0.0289. The fourth-order valence-electron chi connectivity index (χ4n) is 8.57. The van der Waals surface area contributed by atoms with Gasteiger partial charge in [-0.2, -0.15) is 0 Å². The van der Waals surface area contributed by atoms with Crippen LogP contribution in [0.2, 0.25) is 0 Å². The molecule has 10 heteroatoms. The predicted octanol–water partition coefficient (Wildman–Crippen LogP) is 11.2. The van der Waals surface area contributed by atoms with Gasteiger partial charge in [0.25, 0.3) is 0 Å². The summed E-state index contributed by atoms with van der Waals surface area (Å²) in [4.78, 5) is 22.5. The van der Waals surface area contributed by atoms with Crippen molar-refractivity contribution in [3.05, 3.63) is 215 Å². The van der Waals surface area contributed by atoms with Crippen molar-refractivity contribution in [1.29, 1.82) is 0 Å². The number of hydrogen-bond donors (Lipinski definition) is 1. The van der Waals surface area contributed by atoms with Gasteiger partial charge >= 0.3 is 11.9 Å². The summed E-state index contributed by atoms with van der Waals surface area (Å²) in [6.07, 6.45) is 1.48. The first-order valence-electron chi connectivity index (χ1n) is 23.9. The van der Waals surface area contributed by atoms with E-state index in [4.69, 9.17) is 38.3 Å². The lowest BCUT2D eigenvalue weighted by atomic mass is 9.80. The smallest absolute Gasteiger partial charge is 0.306 e. The van der Waals surface area contributed by atoms with E-state index in [2.05, 4.69) is 60.7 Å². The SMILES string of the molecule is O=C(O)CCC(=O)OCCCCCCCCO[C@H]1O[C@H](COC(c2ccccc2)(c2ccccc2)c2ccccc2)[C@@H](OCc2ccccc2)[C@H](OCc2ccccc2)[C@H]1OCc1ccccc1. The fraction of sp³-hybridized carbons (Fsp3) is 0.345. The van der Waals surface area contributed by atoms with Crippen LogP contribution in [0.3, 0.4) is 0 Å². The predicted molar refractivity (Wildman–Crippen MR) is 260 cm³/mol. The molecule has 0 saturated carbocycles. The molecule has 0 amide bonds. The highest BCUT2D eigenvalue weighted by atomic mass is 16.7. The zero-order chi connectivity index (χ0) is 47.1. The molecule has 356 valence electrons. The number of esters is 1. The zero-order valence-electron chi connectivity index (χ0n) is 38.7. The number of aliphatic carboxylic acids is 1. The molecule has 1 aliphatic rings. The highest BCUT2D eigenvalue weighted by Gasteiger charge is 2.50. The molecule has 0 spiro atoms. The van der Waals surface area contributed by atoms with Crippen LogP contribution in [-0.4, -0.2) is 67.6 Å². The van der Waals surface area contributed by atoms with Crippen molar-refractivity contribution in [1.82, 2.24) is 0 Å². The molecule has 1 fully saturated rings. The maximum absolute atomic E-state index is 11.8. The number of ether oxygens (including phenoxy) is 7. The molecule has 5 atom stereocenters. The monoisotopic (exact) mass is 920 g/mol. The summed E-state index contributed by atoms with van der Waals surface area (Å²) in [6, 6.07) is 61.2. The summed E-state index contributed by atoms with van der Waals surface area (Å²) in [6.45, 7) is 1.76. The van der Waals surface area contributed by atoms with Gasteiger partial charge in [0.1, 0.15) is 30.0 Å². The summed E-state index contributed by atoms with van der Waals surface area (Å²) < 4.78 is 47.5. The van der Waals surface area contributed by atoms with E-state index < -0.39 is 48.2 Å². The molecule has 0 aromatic heterocycles. The first-order valence-corrected chi connectivity index (χ1v) is 23.9. The van der Waals surface area contributed by atoms with E-state index in [-0.39, 0.29) is 19.4 Å². The van der Waals surface area contributed by atoms with Crippen LogP contribution < -0.4 is 0 Å². The Morgan fingerprint density at radius 1 is 0.456 bits per heavy atom. The lowest BCUT2D eigenvalue weighted by Crippen LogP contribution is -2.62. The minimum absolute atomic E-state index is 0.108. The average molecular weight is 921 g/mol. The van der Waals surface area contributed by atoms with Gasteiger partial charge in [-0.3, -0.25) is 9.59 Å². The van der Waals surface area contributed by atoms with Gasteiger partial charge in [-0.05, 0) is 46.2 Å². The first kappa shape index (κ1) is 49.9. The third-order valence-electron chi connectivity index (χ3n) is 12.1. The number of benzene rings is 6. The lowest BCUT2D eigenvalue weighted by Gasteiger charge is -2.47. The highest BCUT2D eigenvalue weighted by Crippen LogP contribution is 2.42. The molecule has 6 aromatic carbocycles. The third-order valence-corrected chi connectivity index (χ3v) is 12.1. The van der Waals surface area contributed by atoms with Crippen LogP contribution >= 0.6 is 0 Å². The molecule has 0 bridgehead atoms. The van der Waals surface area contributed by atoms with Crippen molar-refractivity contribution in [2.24, 2.45) is 0 Å². The van der Waals surface area contributed by atoms with E-state index in [1.54, 1.807) is 0 Å². The molecule has 0 unspecified atom stereocenters. The molecular weight excluding hydrogens is 857 g/mol. The first-order chi connectivity index (χ1) is 33.5. The maximum Gasteiger partial charge on any atom is 0.306 e. The largest absolute Gasteiger partial charge is 0.481 e. The van der Waals surface area contributed by atoms with Crippen molar-refractivity contribution in [2.45, 2.75) is 107 Å². The topological polar surface area (TPSA) is 119 Å². The molecule has 1 heterocycles. The molecular formula is C58H64O10. The molecule has 6 aromatic rings. The number of carboxylic acid groups (broad SMARTS) is 1. The van der Waals surface area contributed by atoms with Gasteiger partial charge in [-0.25, -0.2) is 0 Å². The number of carbonyl (C=O) groups excluding carboxylic acids is 1. The Balaban J connectivity index is 1.16. The van der Waals surface area contributed by atoms with Crippen LogP contribution in [0, 0.1) is 0 Å². The van der Waals surface area contributed by atoms with E-state index >= 15 is 0 Å². The van der Waals surface area contributed by atoms with Gasteiger partial charge < -0.3 is 38.3 Å². The van der Waals surface area contributed by atoms with Gasteiger partial charge in [-0.1, -0.05) is 208 Å². The Bertz CT molecular complexity index is 2220. The molecule has 10 nitrogen and oxygen atoms in total. The second-order valence-corrected chi connectivity index (χ2v) is 17.0. The molecule has 0 radical (unpaired) electrons. The Morgan fingerprint density at radius 3 is 1.31 bits per heavy atom. The van der Waals surface area contributed by atoms with Crippen molar-refractivity contribution >= 4 is 11.9 Å². The van der Waals surface area contributed by atoms with Gasteiger partial charge in [0.05, 0.1) is 45.9 Å². The normalized spacial score (nSPS) is 18.2. The van der Waals surface area contributed by atoms with Gasteiger partial charge in [-0.15, -0.1) is 0 Å². The van der Waals surface area contributed by atoms with Gasteiger partial charge in [0, 0.05) is 6.61 Å². The molecule has 1 saturated heterocycles. The highest BCUT2D eigenvalue weighted by molar-refractivity contribution is 5.76. The van der Waals surface area contributed by atoms with Crippen LogP contribution in [0.1, 0.15) is 84.7 Å². The second kappa shape index (κ2) is 27.1. The van der Waals surface area contributed by atoms with Crippen molar-refractivity contribution < 1.29 is 47.9 Å². The standard InChI is InChI=1S/C58H64O10/c59-52(60)37-38-53(61)62-39-23-3-1-2-4-24-40-63-57-56(66-43-47-29-15-7-16-30-47)55(65-42-46-27-13-6-14-28-46)54(64-41-45-25-11-5-12-26-45)51(68-57)44-67-58(48-31-17-8-18-32-48,49-33-19-9-20-34-49)50-35-21-10-22-36-50/h5-22,25-36,51,54-57H,1-4,23-24,37-44H2,(H,59,60)/t51-,54-,55+,56-,57+/m1/s1. The number of carboxylic acids is 1. The second-order valence-electron chi connectivity index (χ2n) is 17.0. The molecule has 0 aliphatic carbocycles. The summed E-state index contributed by atoms with van der Waals surface area (Å²) in [5, 5.41) is 8.81. The number of carbonyl (C=O) groups is 2. The Labute approximate surface area is 401 Å².